The predicted octanol–water partition coefficient (Wildman–Crippen LogP) is 2.15. The van der Waals surface area contributed by atoms with Gasteiger partial charge in [0.15, 0.2) is 5.11 Å². The molecule has 0 heterocycles. The number of hydrogen-bond donors (Lipinski definition) is 3. The molecular formula is C18H23N3O4S. The summed E-state index contributed by atoms with van der Waals surface area (Å²) in [6.07, 6.45) is 3.96. The molecule has 0 aromatic heterocycles. The quantitative estimate of drug-likeness (QED) is 0.278. The Morgan fingerprint density at radius 1 is 1.19 bits per heavy atom. The zero-order valence-corrected chi connectivity index (χ0v) is 15.7. The third-order valence-electron chi connectivity index (χ3n) is 3.09. The number of amides is 2. The van der Waals surface area contributed by atoms with Gasteiger partial charge in [-0.15, -0.1) is 0 Å². The Morgan fingerprint density at radius 3 is 2.65 bits per heavy atom. The van der Waals surface area contributed by atoms with Crippen molar-refractivity contribution in [1.29, 1.82) is 0 Å². The zero-order chi connectivity index (χ0) is 19.4. The van der Waals surface area contributed by atoms with Gasteiger partial charge in [0.25, 0.3) is 5.91 Å². The van der Waals surface area contributed by atoms with Crippen LogP contribution in [0, 0.1) is 0 Å². The summed E-state index contributed by atoms with van der Waals surface area (Å²) in [6, 6.07) is 6.75. The van der Waals surface area contributed by atoms with Crippen LogP contribution in [-0.4, -0.2) is 36.0 Å². The maximum Gasteiger partial charge on any atom is 0.330 e. The smallest absolute Gasteiger partial charge is 0.330 e. The molecule has 1 rings (SSSR count). The summed E-state index contributed by atoms with van der Waals surface area (Å²) in [6.45, 7) is 4.57. The van der Waals surface area contributed by atoms with Crippen LogP contribution >= 0.6 is 12.2 Å². The maximum absolute atomic E-state index is 12.0. The van der Waals surface area contributed by atoms with Crippen LogP contribution in [0.3, 0.4) is 0 Å². The highest BCUT2D eigenvalue weighted by molar-refractivity contribution is 7.80. The van der Waals surface area contributed by atoms with Crippen molar-refractivity contribution in [2.75, 3.05) is 18.5 Å². The lowest BCUT2D eigenvalue weighted by Gasteiger charge is -2.10. The average Bonchev–Trinajstić information content (AvgIpc) is 2.60. The van der Waals surface area contributed by atoms with Crippen LogP contribution in [0.15, 0.2) is 36.4 Å². The Bertz CT molecular complexity index is 689. The number of ether oxygens (including phenoxy) is 1. The normalized spacial score (nSPS) is 10.2. The molecule has 0 atom stereocenters. The first kappa shape index (κ1) is 21.3. The first-order chi connectivity index (χ1) is 12.5. The van der Waals surface area contributed by atoms with E-state index >= 15 is 0 Å². The van der Waals surface area contributed by atoms with E-state index in [2.05, 4.69) is 20.7 Å². The molecule has 8 heteroatoms. The Balaban J connectivity index is 2.56. The number of unbranched alkanes of at least 4 members (excludes halogenated alkanes) is 1. The number of nitrogens with one attached hydrogen (secondary N) is 3. The number of carbonyl (C=O) groups is 3. The molecule has 0 bridgehead atoms. The second-order valence-electron chi connectivity index (χ2n) is 5.22. The highest BCUT2D eigenvalue weighted by atomic mass is 32.1. The van der Waals surface area contributed by atoms with Crippen LogP contribution < -0.4 is 16.0 Å². The molecule has 0 aliphatic carbocycles. The number of rotatable bonds is 8. The number of thiocarbonyl (C=S) groups is 1. The van der Waals surface area contributed by atoms with E-state index in [1.807, 2.05) is 6.92 Å². The number of carbonyl (C=O) groups excluding carboxylic acids is 3. The zero-order valence-electron chi connectivity index (χ0n) is 14.8. The van der Waals surface area contributed by atoms with Crippen LogP contribution in [0.1, 0.15) is 37.0 Å². The second kappa shape index (κ2) is 11.8. The van der Waals surface area contributed by atoms with Gasteiger partial charge in [-0.05, 0) is 43.8 Å². The van der Waals surface area contributed by atoms with Gasteiger partial charge in [-0.3, -0.25) is 14.9 Å². The van der Waals surface area contributed by atoms with Crippen LogP contribution in [0.4, 0.5) is 5.69 Å². The van der Waals surface area contributed by atoms with Crippen molar-refractivity contribution in [3.63, 3.8) is 0 Å². The van der Waals surface area contributed by atoms with Crippen molar-refractivity contribution in [3.05, 3.63) is 42.0 Å². The topological polar surface area (TPSA) is 96.5 Å². The summed E-state index contributed by atoms with van der Waals surface area (Å²) < 4.78 is 4.67. The van der Waals surface area contributed by atoms with Crippen molar-refractivity contribution in [2.24, 2.45) is 0 Å². The molecule has 7 nitrogen and oxygen atoms in total. The van der Waals surface area contributed by atoms with Gasteiger partial charge in [0, 0.05) is 29.9 Å². The third-order valence-corrected chi connectivity index (χ3v) is 3.30. The Hall–Kier alpha value is -2.74. The maximum atomic E-state index is 12.0. The summed E-state index contributed by atoms with van der Waals surface area (Å²) in [7, 11) is 0. The van der Waals surface area contributed by atoms with Crippen LogP contribution in [0.2, 0.25) is 0 Å². The van der Waals surface area contributed by atoms with Crippen molar-refractivity contribution >= 4 is 40.8 Å². The number of anilines is 1. The molecule has 26 heavy (non-hydrogen) atoms. The Labute approximate surface area is 158 Å². The molecule has 1 aromatic rings. The third kappa shape index (κ3) is 8.39. The molecule has 0 fully saturated rings. The first-order valence-electron chi connectivity index (χ1n) is 8.31. The van der Waals surface area contributed by atoms with Gasteiger partial charge in [-0.2, -0.15) is 0 Å². The average molecular weight is 377 g/mol. The lowest BCUT2D eigenvalue weighted by molar-refractivity contribution is -0.137. The van der Waals surface area contributed by atoms with E-state index in [0.717, 1.165) is 25.0 Å². The highest BCUT2D eigenvalue weighted by Crippen LogP contribution is 2.10. The van der Waals surface area contributed by atoms with Gasteiger partial charge in [-0.25, -0.2) is 4.79 Å². The monoisotopic (exact) mass is 377 g/mol. The van der Waals surface area contributed by atoms with Gasteiger partial charge >= 0.3 is 5.97 Å². The van der Waals surface area contributed by atoms with Gasteiger partial charge < -0.3 is 15.4 Å². The fraction of sp³-hybridized carbons (Fsp3) is 0.333. The fourth-order valence-corrected chi connectivity index (χ4v) is 2.09. The lowest BCUT2D eigenvalue weighted by Crippen LogP contribution is -2.33. The van der Waals surface area contributed by atoms with Crippen LogP contribution in [0.25, 0.3) is 0 Å². The minimum atomic E-state index is -0.608. The highest BCUT2D eigenvalue weighted by Gasteiger charge is 2.07. The molecule has 2 amide bonds. The van der Waals surface area contributed by atoms with Crippen molar-refractivity contribution in [3.8, 4) is 0 Å². The summed E-state index contributed by atoms with van der Waals surface area (Å²) >= 11 is 5.04. The molecule has 140 valence electrons. The SMILES string of the molecule is CCCCNC(=O)c1cccc(NC(=S)NC(=O)/C=C/C(=O)OCC)c1. The van der Waals surface area contributed by atoms with Crippen LogP contribution in [-0.2, 0) is 14.3 Å². The van der Waals surface area contributed by atoms with Crippen molar-refractivity contribution < 1.29 is 19.1 Å². The summed E-state index contributed by atoms with van der Waals surface area (Å²) in [5, 5.41) is 8.10. The van der Waals surface area contributed by atoms with E-state index in [1.165, 1.54) is 0 Å². The molecule has 0 unspecified atom stereocenters. The molecule has 0 aliphatic rings. The lowest BCUT2D eigenvalue weighted by atomic mass is 10.2. The van der Waals surface area contributed by atoms with Gasteiger partial charge in [0.05, 0.1) is 6.61 Å². The van der Waals surface area contributed by atoms with Gasteiger partial charge in [0.1, 0.15) is 0 Å². The molecular weight excluding hydrogens is 354 g/mol. The van der Waals surface area contributed by atoms with E-state index in [1.54, 1.807) is 31.2 Å². The minimum absolute atomic E-state index is 0.0482. The molecule has 0 aliphatic heterocycles. The van der Waals surface area contributed by atoms with E-state index in [9.17, 15) is 14.4 Å². The Kier molecular flexibility index (Phi) is 9.63. The standard InChI is InChI=1S/C18H23N3O4S/c1-3-5-11-19-17(24)13-7-6-8-14(12-13)20-18(26)21-15(22)9-10-16(23)25-4-2/h6-10,12H,3-5,11H2,1-2H3,(H,19,24)(H2,20,21,22,26)/b10-9+. The molecule has 0 saturated heterocycles. The largest absolute Gasteiger partial charge is 0.463 e. The minimum Gasteiger partial charge on any atom is -0.463 e. The number of hydrogen-bond acceptors (Lipinski definition) is 5. The summed E-state index contributed by atoms with van der Waals surface area (Å²) in [4.78, 5) is 34.9. The second-order valence-corrected chi connectivity index (χ2v) is 5.63. The molecule has 0 saturated carbocycles. The first-order valence-corrected chi connectivity index (χ1v) is 8.72. The van der Waals surface area contributed by atoms with E-state index < -0.39 is 11.9 Å². The number of benzene rings is 1. The van der Waals surface area contributed by atoms with E-state index in [0.29, 0.717) is 17.8 Å². The molecule has 0 radical (unpaired) electrons. The Morgan fingerprint density at radius 2 is 1.96 bits per heavy atom. The summed E-state index contributed by atoms with van der Waals surface area (Å²) in [5.74, 6) is -1.35. The molecule has 1 aromatic carbocycles. The molecule has 3 N–H and O–H groups in total. The van der Waals surface area contributed by atoms with Gasteiger partial charge in [0.2, 0.25) is 5.91 Å². The van der Waals surface area contributed by atoms with Gasteiger partial charge in [-0.1, -0.05) is 19.4 Å². The predicted molar refractivity (Wildman–Crippen MR) is 104 cm³/mol. The fourth-order valence-electron chi connectivity index (χ4n) is 1.87. The van der Waals surface area contributed by atoms with E-state index in [4.69, 9.17) is 12.2 Å². The summed E-state index contributed by atoms with van der Waals surface area (Å²) in [5.41, 5.74) is 1.05. The molecule has 0 spiro atoms. The van der Waals surface area contributed by atoms with Crippen molar-refractivity contribution in [1.82, 2.24) is 10.6 Å². The van der Waals surface area contributed by atoms with Crippen LogP contribution in [0.5, 0.6) is 0 Å². The van der Waals surface area contributed by atoms with E-state index in [-0.39, 0.29) is 17.6 Å². The number of esters is 1. The van der Waals surface area contributed by atoms with Crippen molar-refractivity contribution in [2.45, 2.75) is 26.7 Å².